The van der Waals surface area contributed by atoms with Crippen molar-refractivity contribution < 1.29 is 19.4 Å². The second-order valence-corrected chi connectivity index (χ2v) is 4.89. The fourth-order valence-electron chi connectivity index (χ4n) is 2.12. The molecule has 1 amide bonds. The van der Waals surface area contributed by atoms with E-state index in [4.69, 9.17) is 9.84 Å². The van der Waals surface area contributed by atoms with E-state index in [1.165, 1.54) is 17.1 Å². The van der Waals surface area contributed by atoms with Gasteiger partial charge in [-0.25, -0.2) is 4.79 Å². The smallest absolute Gasteiger partial charge is 0.338 e. The zero-order valence-electron chi connectivity index (χ0n) is 11.8. The van der Waals surface area contributed by atoms with E-state index in [1.54, 1.807) is 0 Å². The highest BCUT2D eigenvalue weighted by atomic mass is 16.5. The molecule has 0 unspecified atom stereocenters. The molecular formula is C13H20N4O4. The van der Waals surface area contributed by atoms with Crippen molar-refractivity contribution in [2.24, 2.45) is 0 Å². The predicted molar refractivity (Wildman–Crippen MR) is 74.1 cm³/mol. The van der Waals surface area contributed by atoms with Gasteiger partial charge in [0, 0.05) is 25.8 Å². The molecule has 8 nitrogen and oxygen atoms in total. The largest absolute Gasteiger partial charge is 0.478 e. The maximum absolute atomic E-state index is 11.7. The van der Waals surface area contributed by atoms with E-state index >= 15 is 0 Å². The molecule has 21 heavy (non-hydrogen) atoms. The molecule has 1 saturated heterocycles. The normalized spacial score (nSPS) is 15.8. The van der Waals surface area contributed by atoms with E-state index in [2.05, 4.69) is 15.3 Å². The van der Waals surface area contributed by atoms with E-state index in [0.29, 0.717) is 6.54 Å². The van der Waals surface area contributed by atoms with Crippen LogP contribution in [0.3, 0.4) is 0 Å². The number of ether oxygens (including phenoxy) is 1. The summed E-state index contributed by atoms with van der Waals surface area (Å²) < 4.78 is 6.59. The Bertz CT molecular complexity index is 482. The van der Waals surface area contributed by atoms with Crippen LogP contribution in [0.1, 0.15) is 16.8 Å². The molecule has 0 bridgehead atoms. The third kappa shape index (κ3) is 5.16. The minimum atomic E-state index is -1.05. The summed E-state index contributed by atoms with van der Waals surface area (Å²) in [5, 5.41) is 15.4. The molecule has 2 rings (SSSR count). The van der Waals surface area contributed by atoms with E-state index in [1.807, 2.05) is 0 Å². The second kappa shape index (κ2) is 7.75. The Morgan fingerprint density at radius 2 is 2.14 bits per heavy atom. The van der Waals surface area contributed by atoms with Crippen LogP contribution in [0.4, 0.5) is 0 Å². The second-order valence-electron chi connectivity index (χ2n) is 4.89. The number of amides is 1. The number of nitrogens with zero attached hydrogens (tertiary/aromatic N) is 3. The number of hydrogen-bond donors (Lipinski definition) is 2. The quantitative estimate of drug-likeness (QED) is 0.654. The van der Waals surface area contributed by atoms with Gasteiger partial charge in [-0.3, -0.25) is 14.4 Å². The Hall–Kier alpha value is -1.93. The molecule has 1 fully saturated rings. The van der Waals surface area contributed by atoms with Crippen LogP contribution in [0, 0.1) is 0 Å². The van der Waals surface area contributed by atoms with Gasteiger partial charge in [-0.15, -0.1) is 0 Å². The first-order valence-electron chi connectivity index (χ1n) is 6.97. The molecular weight excluding hydrogens is 276 g/mol. The molecule has 0 aromatic carbocycles. The van der Waals surface area contributed by atoms with Crippen molar-refractivity contribution in [3.8, 4) is 0 Å². The number of aromatic carboxylic acids is 1. The van der Waals surface area contributed by atoms with Crippen LogP contribution in [0.2, 0.25) is 0 Å². The van der Waals surface area contributed by atoms with Gasteiger partial charge in [0.25, 0.3) is 0 Å². The molecule has 1 aliphatic rings. The first-order valence-corrected chi connectivity index (χ1v) is 6.97. The van der Waals surface area contributed by atoms with Crippen LogP contribution in [-0.2, 0) is 16.1 Å². The van der Waals surface area contributed by atoms with Gasteiger partial charge in [-0.2, -0.15) is 5.10 Å². The highest BCUT2D eigenvalue weighted by molar-refractivity contribution is 5.87. The fourth-order valence-corrected chi connectivity index (χ4v) is 2.12. The van der Waals surface area contributed by atoms with Crippen LogP contribution in [0.25, 0.3) is 0 Å². The van der Waals surface area contributed by atoms with Crippen molar-refractivity contribution in [2.45, 2.75) is 13.0 Å². The average molecular weight is 296 g/mol. The molecule has 1 aromatic heterocycles. The molecule has 8 heteroatoms. The molecule has 0 spiro atoms. The Kier molecular flexibility index (Phi) is 5.70. The summed E-state index contributed by atoms with van der Waals surface area (Å²) in [5.74, 6) is -1.22. The summed E-state index contributed by atoms with van der Waals surface area (Å²) in [7, 11) is 0. The molecule has 2 heterocycles. The standard InChI is InChI=1S/C13H20N4O4/c18-12(10-17-9-11(8-15-17)13(19)20)14-2-1-3-16-4-6-21-7-5-16/h8-9H,1-7,10H2,(H,14,18)(H,19,20). The minimum absolute atomic E-state index is 0.0326. The lowest BCUT2D eigenvalue weighted by Gasteiger charge is -2.26. The molecule has 1 aromatic rings. The Balaban J connectivity index is 1.61. The van der Waals surface area contributed by atoms with Gasteiger partial charge >= 0.3 is 5.97 Å². The van der Waals surface area contributed by atoms with Gasteiger partial charge < -0.3 is 15.2 Å². The lowest BCUT2D eigenvalue weighted by Crippen LogP contribution is -2.38. The number of rotatable bonds is 7. The van der Waals surface area contributed by atoms with Crippen molar-refractivity contribution in [1.82, 2.24) is 20.0 Å². The highest BCUT2D eigenvalue weighted by Gasteiger charge is 2.10. The van der Waals surface area contributed by atoms with E-state index in [-0.39, 0.29) is 18.0 Å². The van der Waals surface area contributed by atoms with Gasteiger partial charge in [0.05, 0.1) is 25.0 Å². The number of carbonyl (C=O) groups is 2. The van der Waals surface area contributed by atoms with E-state index in [9.17, 15) is 9.59 Å². The number of morpholine rings is 1. The topological polar surface area (TPSA) is 96.7 Å². The third-order valence-electron chi connectivity index (χ3n) is 3.26. The maximum Gasteiger partial charge on any atom is 0.338 e. The molecule has 1 aliphatic heterocycles. The molecule has 2 N–H and O–H groups in total. The number of aromatic nitrogens is 2. The zero-order chi connectivity index (χ0) is 15.1. The monoisotopic (exact) mass is 296 g/mol. The summed E-state index contributed by atoms with van der Waals surface area (Å²) in [4.78, 5) is 24.7. The van der Waals surface area contributed by atoms with Gasteiger partial charge in [-0.1, -0.05) is 0 Å². The van der Waals surface area contributed by atoms with Crippen LogP contribution in [0.15, 0.2) is 12.4 Å². The highest BCUT2D eigenvalue weighted by Crippen LogP contribution is 1.98. The molecule has 0 atom stereocenters. The lowest BCUT2D eigenvalue weighted by atomic mass is 10.3. The molecule has 116 valence electrons. The van der Waals surface area contributed by atoms with Gasteiger partial charge in [0.1, 0.15) is 6.54 Å². The average Bonchev–Trinajstić information content (AvgIpc) is 2.93. The molecule has 0 radical (unpaired) electrons. The summed E-state index contributed by atoms with van der Waals surface area (Å²) in [6.45, 7) is 5.01. The SMILES string of the molecule is O=C(Cn1cc(C(=O)O)cn1)NCCCN1CCOCC1. The maximum atomic E-state index is 11.7. The number of carboxylic acids is 1. The Morgan fingerprint density at radius 1 is 1.38 bits per heavy atom. The van der Waals surface area contributed by atoms with Crippen molar-refractivity contribution in [1.29, 1.82) is 0 Å². The van der Waals surface area contributed by atoms with Gasteiger partial charge in [-0.05, 0) is 13.0 Å². The Morgan fingerprint density at radius 3 is 2.81 bits per heavy atom. The number of carboxylic acid groups (broad SMARTS) is 1. The minimum Gasteiger partial charge on any atom is -0.478 e. The van der Waals surface area contributed by atoms with Crippen LogP contribution < -0.4 is 5.32 Å². The van der Waals surface area contributed by atoms with Crippen molar-refractivity contribution in [2.75, 3.05) is 39.4 Å². The first-order chi connectivity index (χ1) is 10.1. The summed E-state index contributed by atoms with van der Waals surface area (Å²) in [6, 6.07) is 0. The lowest BCUT2D eigenvalue weighted by molar-refractivity contribution is -0.121. The van der Waals surface area contributed by atoms with Crippen LogP contribution in [-0.4, -0.2) is 71.1 Å². The summed E-state index contributed by atoms with van der Waals surface area (Å²) >= 11 is 0. The van der Waals surface area contributed by atoms with Crippen molar-refractivity contribution in [3.05, 3.63) is 18.0 Å². The van der Waals surface area contributed by atoms with Crippen LogP contribution in [0.5, 0.6) is 0 Å². The molecule has 0 aliphatic carbocycles. The summed E-state index contributed by atoms with van der Waals surface area (Å²) in [6.07, 6.45) is 3.45. The van der Waals surface area contributed by atoms with E-state index in [0.717, 1.165) is 39.3 Å². The molecule has 0 saturated carbocycles. The van der Waals surface area contributed by atoms with Gasteiger partial charge in [0.2, 0.25) is 5.91 Å². The number of hydrogen-bond acceptors (Lipinski definition) is 5. The van der Waals surface area contributed by atoms with Crippen molar-refractivity contribution >= 4 is 11.9 Å². The summed E-state index contributed by atoms with van der Waals surface area (Å²) in [5.41, 5.74) is 0.0788. The van der Waals surface area contributed by atoms with Crippen molar-refractivity contribution in [3.63, 3.8) is 0 Å². The number of carbonyl (C=O) groups excluding carboxylic acids is 1. The predicted octanol–water partition coefficient (Wildman–Crippen LogP) is -0.580. The van der Waals surface area contributed by atoms with E-state index < -0.39 is 5.97 Å². The number of nitrogens with one attached hydrogen (secondary N) is 1. The zero-order valence-corrected chi connectivity index (χ0v) is 11.8. The van der Waals surface area contributed by atoms with Crippen LogP contribution >= 0.6 is 0 Å². The van der Waals surface area contributed by atoms with Gasteiger partial charge in [0.15, 0.2) is 0 Å². The first kappa shape index (κ1) is 15.5. The Labute approximate surface area is 122 Å². The third-order valence-corrected chi connectivity index (χ3v) is 3.26. The fraction of sp³-hybridized carbons (Fsp3) is 0.615.